The van der Waals surface area contributed by atoms with E-state index in [1.807, 2.05) is 6.92 Å². The van der Waals surface area contributed by atoms with Gasteiger partial charge in [-0.15, -0.1) is 0 Å². The second kappa shape index (κ2) is 5.15. The Morgan fingerprint density at radius 2 is 2.31 bits per heavy atom. The molecule has 4 heteroatoms. The van der Waals surface area contributed by atoms with E-state index in [4.69, 9.17) is 0 Å². The molecule has 1 saturated heterocycles. The quantitative estimate of drug-likeness (QED) is 0.903. The van der Waals surface area contributed by atoms with Crippen molar-refractivity contribution in [3.63, 3.8) is 0 Å². The first kappa shape index (κ1) is 11.9. The van der Waals surface area contributed by atoms with E-state index in [1.54, 1.807) is 0 Å². The lowest BCUT2D eigenvalue weighted by atomic mass is 10.1. The van der Waals surface area contributed by atoms with E-state index in [1.165, 1.54) is 12.8 Å². The number of nitrogens with one attached hydrogen (secondary N) is 1. The second-order valence-electron chi connectivity index (χ2n) is 4.35. The molecule has 0 bridgehead atoms. The molecule has 1 fully saturated rings. The van der Waals surface area contributed by atoms with Gasteiger partial charge in [0.15, 0.2) is 0 Å². The molecule has 1 aliphatic rings. The monoisotopic (exact) mass is 283 g/mol. The Kier molecular flexibility index (Phi) is 3.82. The normalized spacial score (nSPS) is 20.8. The predicted molar refractivity (Wildman–Crippen MR) is 71.0 cm³/mol. The van der Waals surface area contributed by atoms with Crippen molar-refractivity contribution in [2.45, 2.75) is 25.8 Å². The summed E-state index contributed by atoms with van der Waals surface area (Å²) >= 11 is 3.48. The summed E-state index contributed by atoms with van der Waals surface area (Å²) in [4.78, 5) is 6.88. The van der Waals surface area contributed by atoms with E-state index < -0.39 is 0 Å². The highest BCUT2D eigenvalue weighted by Crippen LogP contribution is 2.21. The van der Waals surface area contributed by atoms with Crippen LogP contribution in [0.2, 0.25) is 0 Å². The highest BCUT2D eigenvalue weighted by atomic mass is 79.9. The zero-order chi connectivity index (χ0) is 11.5. The summed E-state index contributed by atoms with van der Waals surface area (Å²) in [6.07, 6.45) is 2.50. The fourth-order valence-corrected chi connectivity index (χ4v) is 2.30. The molecule has 2 heterocycles. The van der Waals surface area contributed by atoms with Crippen LogP contribution in [0.4, 0.5) is 5.82 Å². The fraction of sp³-hybridized carbons (Fsp3) is 0.583. The van der Waals surface area contributed by atoms with Gasteiger partial charge in [-0.1, -0.05) is 0 Å². The van der Waals surface area contributed by atoms with Crippen molar-refractivity contribution < 1.29 is 0 Å². The topological polar surface area (TPSA) is 28.2 Å². The van der Waals surface area contributed by atoms with Gasteiger partial charge in [0, 0.05) is 24.1 Å². The average molecular weight is 284 g/mol. The molecular formula is C12H18BrN3. The summed E-state index contributed by atoms with van der Waals surface area (Å²) in [6, 6.07) is 4.72. The molecule has 1 atom stereocenters. The highest BCUT2D eigenvalue weighted by molar-refractivity contribution is 9.10. The van der Waals surface area contributed by atoms with Gasteiger partial charge >= 0.3 is 0 Å². The van der Waals surface area contributed by atoms with Crippen LogP contribution in [0.25, 0.3) is 0 Å². The molecule has 1 unspecified atom stereocenters. The van der Waals surface area contributed by atoms with Gasteiger partial charge in [-0.25, -0.2) is 4.98 Å². The Labute approximate surface area is 105 Å². The number of rotatable bonds is 2. The summed E-state index contributed by atoms with van der Waals surface area (Å²) in [7, 11) is 2.13. The molecule has 0 radical (unpaired) electrons. The molecule has 1 aromatic heterocycles. The lowest BCUT2D eigenvalue weighted by Crippen LogP contribution is -2.44. The van der Waals surface area contributed by atoms with Crippen LogP contribution >= 0.6 is 15.9 Å². The minimum atomic E-state index is 0.571. The first-order chi connectivity index (χ1) is 7.68. The number of hydrogen-bond donors (Lipinski definition) is 1. The largest absolute Gasteiger partial charge is 0.355 e. The van der Waals surface area contributed by atoms with E-state index in [2.05, 4.69) is 50.3 Å². The van der Waals surface area contributed by atoms with Gasteiger partial charge in [0.05, 0.1) is 5.69 Å². The van der Waals surface area contributed by atoms with Crippen molar-refractivity contribution in [1.82, 2.24) is 10.3 Å². The van der Waals surface area contributed by atoms with Crippen molar-refractivity contribution in [3.8, 4) is 0 Å². The van der Waals surface area contributed by atoms with Crippen LogP contribution in [0, 0.1) is 6.92 Å². The van der Waals surface area contributed by atoms with Crippen LogP contribution in [0.1, 0.15) is 18.5 Å². The fourth-order valence-electron chi connectivity index (χ4n) is 2.08. The molecular weight excluding hydrogens is 266 g/mol. The second-order valence-corrected chi connectivity index (χ2v) is 5.20. The van der Waals surface area contributed by atoms with Crippen molar-refractivity contribution in [3.05, 3.63) is 22.3 Å². The number of halogens is 1. The maximum atomic E-state index is 4.60. The van der Waals surface area contributed by atoms with E-state index in [-0.39, 0.29) is 0 Å². The van der Waals surface area contributed by atoms with Crippen molar-refractivity contribution >= 4 is 21.7 Å². The summed E-state index contributed by atoms with van der Waals surface area (Å²) in [5.74, 6) is 1.06. The highest BCUT2D eigenvalue weighted by Gasteiger charge is 2.18. The SMILES string of the molecule is Cc1nc(N(C)C2CCCNC2)ccc1Br. The number of likely N-dealkylation sites (N-methyl/N-ethyl adjacent to an activating group) is 1. The zero-order valence-electron chi connectivity index (χ0n) is 9.83. The van der Waals surface area contributed by atoms with Crippen molar-refractivity contribution in [1.29, 1.82) is 0 Å². The van der Waals surface area contributed by atoms with Crippen LogP contribution in [0.3, 0.4) is 0 Å². The molecule has 1 aromatic rings. The van der Waals surface area contributed by atoms with Crippen LogP contribution in [-0.4, -0.2) is 31.2 Å². The Hall–Kier alpha value is -0.610. The van der Waals surface area contributed by atoms with Crippen LogP contribution in [0.15, 0.2) is 16.6 Å². The minimum Gasteiger partial charge on any atom is -0.355 e. The van der Waals surface area contributed by atoms with Gasteiger partial charge in [0.1, 0.15) is 5.82 Å². The molecule has 1 aliphatic heterocycles. The maximum Gasteiger partial charge on any atom is 0.128 e. The lowest BCUT2D eigenvalue weighted by Gasteiger charge is -2.32. The molecule has 0 aromatic carbocycles. The maximum absolute atomic E-state index is 4.60. The average Bonchev–Trinajstić information content (AvgIpc) is 2.33. The van der Waals surface area contributed by atoms with E-state index in [9.17, 15) is 0 Å². The first-order valence-electron chi connectivity index (χ1n) is 5.75. The van der Waals surface area contributed by atoms with Crippen molar-refractivity contribution in [2.24, 2.45) is 0 Å². The Bertz CT molecular complexity index is 361. The molecule has 0 amide bonds. The third kappa shape index (κ3) is 2.55. The third-order valence-corrected chi connectivity index (χ3v) is 4.02. The number of pyridine rings is 1. The summed E-state index contributed by atoms with van der Waals surface area (Å²) in [5, 5.41) is 3.43. The molecule has 0 aliphatic carbocycles. The molecule has 2 rings (SSSR count). The number of aryl methyl sites for hydroxylation is 1. The zero-order valence-corrected chi connectivity index (χ0v) is 11.4. The lowest BCUT2D eigenvalue weighted by molar-refractivity contribution is 0.443. The molecule has 0 saturated carbocycles. The molecule has 16 heavy (non-hydrogen) atoms. The minimum absolute atomic E-state index is 0.571. The molecule has 88 valence electrons. The Balaban J connectivity index is 2.12. The van der Waals surface area contributed by atoms with Crippen LogP contribution in [0.5, 0.6) is 0 Å². The van der Waals surface area contributed by atoms with Gasteiger partial charge in [0.25, 0.3) is 0 Å². The number of hydrogen-bond acceptors (Lipinski definition) is 3. The Morgan fingerprint density at radius 1 is 1.50 bits per heavy atom. The van der Waals surface area contributed by atoms with Crippen LogP contribution in [-0.2, 0) is 0 Å². The summed E-state index contributed by atoms with van der Waals surface area (Å²) in [6.45, 7) is 4.24. The van der Waals surface area contributed by atoms with Gasteiger partial charge in [0.2, 0.25) is 0 Å². The third-order valence-electron chi connectivity index (χ3n) is 3.19. The predicted octanol–water partition coefficient (Wildman–Crippen LogP) is 2.34. The van der Waals surface area contributed by atoms with Crippen molar-refractivity contribution in [2.75, 3.05) is 25.0 Å². The number of nitrogens with zero attached hydrogens (tertiary/aromatic N) is 2. The first-order valence-corrected chi connectivity index (χ1v) is 6.54. The number of piperidine rings is 1. The van der Waals surface area contributed by atoms with E-state index in [0.29, 0.717) is 6.04 Å². The standard InChI is InChI=1S/C12H18BrN3/c1-9-11(13)5-6-12(15-9)16(2)10-4-3-7-14-8-10/h5-6,10,14H,3-4,7-8H2,1-2H3. The van der Waals surface area contributed by atoms with Gasteiger partial charge in [-0.05, 0) is 54.4 Å². The number of anilines is 1. The number of aromatic nitrogens is 1. The van der Waals surface area contributed by atoms with Crippen LogP contribution < -0.4 is 10.2 Å². The van der Waals surface area contributed by atoms with Gasteiger partial charge in [-0.3, -0.25) is 0 Å². The molecule has 0 spiro atoms. The van der Waals surface area contributed by atoms with E-state index >= 15 is 0 Å². The Morgan fingerprint density at radius 3 is 2.94 bits per heavy atom. The summed E-state index contributed by atoms with van der Waals surface area (Å²) in [5.41, 5.74) is 1.05. The molecule has 1 N–H and O–H groups in total. The molecule has 3 nitrogen and oxygen atoms in total. The summed E-state index contributed by atoms with van der Waals surface area (Å²) < 4.78 is 1.08. The van der Waals surface area contributed by atoms with E-state index in [0.717, 1.165) is 29.1 Å². The smallest absolute Gasteiger partial charge is 0.128 e. The van der Waals surface area contributed by atoms with Gasteiger partial charge < -0.3 is 10.2 Å². The van der Waals surface area contributed by atoms with Gasteiger partial charge in [-0.2, -0.15) is 0 Å².